The summed E-state index contributed by atoms with van der Waals surface area (Å²) in [4.78, 5) is 20.2. The highest BCUT2D eigenvalue weighted by Gasteiger charge is 2.46. The first-order chi connectivity index (χ1) is 19.5. The van der Waals surface area contributed by atoms with E-state index in [1.54, 1.807) is 35.8 Å². The van der Waals surface area contributed by atoms with E-state index in [0.29, 0.717) is 65.6 Å². The second-order valence-electron chi connectivity index (χ2n) is 10.2. The maximum absolute atomic E-state index is 13.4. The van der Waals surface area contributed by atoms with Gasteiger partial charge in [-0.15, -0.1) is 10.2 Å². The van der Waals surface area contributed by atoms with Crippen molar-refractivity contribution >= 4 is 54.9 Å². The molecular formula is C26H24F2N8O3S2. The van der Waals surface area contributed by atoms with E-state index in [1.165, 1.54) is 17.0 Å². The van der Waals surface area contributed by atoms with Crippen LogP contribution < -0.4 is 4.72 Å². The van der Waals surface area contributed by atoms with Crippen LogP contribution in [-0.2, 0) is 10.0 Å². The van der Waals surface area contributed by atoms with Crippen molar-refractivity contribution in [3.8, 4) is 11.2 Å². The summed E-state index contributed by atoms with van der Waals surface area (Å²) >= 11 is 0.692. The molecule has 4 aromatic rings. The third kappa shape index (κ3) is 4.71. The lowest BCUT2D eigenvalue weighted by Gasteiger charge is -2.29. The molecule has 212 valence electrons. The number of nitrogens with zero attached hydrogens (tertiary/aromatic N) is 7. The largest absolute Gasteiger partial charge is 0.331 e. The third-order valence-corrected chi connectivity index (χ3v) is 9.69. The van der Waals surface area contributed by atoms with Gasteiger partial charge in [0.1, 0.15) is 11.2 Å². The maximum Gasteiger partial charge on any atom is 0.319 e. The second-order valence-corrected chi connectivity index (χ2v) is 12.9. The van der Waals surface area contributed by atoms with Crippen molar-refractivity contribution < 1.29 is 22.0 Å². The lowest BCUT2D eigenvalue weighted by atomic mass is 9.96. The molecule has 0 unspecified atom stereocenters. The maximum atomic E-state index is 13.4. The number of rotatable bonds is 6. The van der Waals surface area contributed by atoms with Gasteiger partial charge in [0.2, 0.25) is 15.2 Å². The minimum atomic E-state index is -4.07. The molecule has 1 aliphatic carbocycles. The number of hydrogen-bond acceptors (Lipinski definition) is 8. The second kappa shape index (κ2) is 9.82. The zero-order chi connectivity index (χ0) is 29.1. The topological polar surface area (TPSA) is 137 Å². The Morgan fingerprint density at radius 3 is 2.63 bits per heavy atom. The van der Waals surface area contributed by atoms with Crippen LogP contribution in [0.15, 0.2) is 41.4 Å². The molecule has 0 saturated heterocycles. The fraction of sp³-hybridized carbons (Fsp3) is 0.346. The molecule has 0 radical (unpaired) electrons. The number of aromatic nitrogens is 4. The van der Waals surface area contributed by atoms with E-state index in [1.807, 2.05) is 18.2 Å². The lowest BCUT2D eigenvalue weighted by Crippen LogP contribution is -2.41. The fourth-order valence-electron chi connectivity index (χ4n) is 4.99. The molecule has 1 aliphatic heterocycles. The minimum Gasteiger partial charge on any atom is -0.331 e. The Morgan fingerprint density at radius 2 is 2.02 bits per heavy atom. The van der Waals surface area contributed by atoms with Crippen molar-refractivity contribution in [1.29, 1.82) is 5.26 Å². The molecule has 11 nitrogen and oxygen atoms in total. The van der Waals surface area contributed by atoms with Gasteiger partial charge in [-0.05, 0) is 48.6 Å². The number of sulfonamides is 1. The van der Waals surface area contributed by atoms with Crippen LogP contribution in [0.1, 0.15) is 36.3 Å². The molecule has 2 aliphatic rings. The predicted octanol–water partition coefficient (Wildman–Crippen LogP) is 4.07. The van der Waals surface area contributed by atoms with Crippen molar-refractivity contribution in [2.24, 2.45) is 0 Å². The fourth-order valence-corrected chi connectivity index (χ4v) is 7.10. The number of urea groups is 1. The molecule has 0 bridgehead atoms. The summed E-state index contributed by atoms with van der Waals surface area (Å²) in [5.74, 6) is 0. The van der Waals surface area contributed by atoms with Crippen LogP contribution in [0.5, 0.6) is 0 Å². The van der Waals surface area contributed by atoms with Crippen molar-refractivity contribution in [2.75, 3.05) is 27.2 Å². The summed E-state index contributed by atoms with van der Waals surface area (Å²) in [5.41, 5.74) is 1.50. The van der Waals surface area contributed by atoms with Crippen LogP contribution in [0.25, 0.3) is 32.6 Å². The first-order valence-electron chi connectivity index (χ1n) is 12.7. The van der Waals surface area contributed by atoms with Gasteiger partial charge in [0.15, 0.2) is 5.01 Å². The summed E-state index contributed by atoms with van der Waals surface area (Å²) in [6, 6.07) is 8.33. The quantitative estimate of drug-likeness (QED) is 0.353. The zero-order valence-electron chi connectivity index (χ0n) is 22.0. The average Bonchev–Trinajstić information content (AvgIpc) is 3.39. The summed E-state index contributed by atoms with van der Waals surface area (Å²) in [5, 5.41) is 18.0. The van der Waals surface area contributed by atoms with Gasteiger partial charge in [-0.25, -0.2) is 27.0 Å². The molecule has 0 atom stereocenters. The van der Waals surface area contributed by atoms with Gasteiger partial charge in [0.05, 0.1) is 16.5 Å². The van der Waals surface area contributed by atoms with Gasteiger partial charge in [-0.3, -0.25) is 4.57 Å². The van der Waals surface area contributed by atoms with Crippen LogP contribution in [0.4, 0.5) is 13.6 Å². The van der Waals surface area contributed by atoms with Crippen LogP contribution >= 0.6 is 11.3 Å². The molecule has 1 saturated carbocycles. The van der Waals surface area contributed by atoms with Gasteiger partial charge >= 0.3 is 6.03 Å². The number of hydrogen-bond donors (Lipinski definition) is 1. The van der Waals surface area contributed by atoms with Gasteiger partial charge in [-0.1, -0.05) is 23.5 Å². The van der Waals surface area contributed by atoms with Crippen LogP contribution in [0.2, 0.25) is 0 Å². The highest BCUT2D eigenvalue weighted by molar-refractivity contribution is 7.89. The van der Waals surface area contributed by atoms with Crippen molar-refractivity contribution in [2.45, 2.75) is 36.1 Å². The summed E-state index contributed by atoms with van der Waals surface area (Å²) in [7, 11) is -0.669. The number of pyridine rings is 1. The van der Waals surface area contributed by atoms with E-state index in [-0.39, 0.29) is 16.1 Å². The predicted molar refractivity (Wildman–Crippen MR) is 148 cm³/mol. The smallest absolute Gasteiger partial charge is 0.319 e. The van der Waals surface area contributed by atoms with Crippen LogP contribution in [0, 0.1) is 11.3 Å². The third-order valence-electron chi connectivity index (χ3n) is 7.24. The van der Waals surface area contributed by atoms with Crippen molar-refractivity contribution in [1.82, 2.24) is 34.3 Å². The number of benzene rings is 1. The first-order valence-corrected chi connectivity index (χ1v) is 15.0. The molecule has 41 heavy (non-hydrogen) atoms. The van der Waals surface area contributed by atoms with E-state index in [0.717, 1.165) is 11.1 Å². The highest BCUT2D eigenvalue weighted by atomic mass is 32.2. The van der Waals surface area contributed by atoms with Gasteiger partial charge < -0.3 is 9.80 Å². The SMILES string of the molecule is CN(C)C(=O)N1CC=C(c2ccnc3c2c2ccc(S(=O)(=O)NC4(C#N)CC4)cc2n3-c2nnc(C(F)F)s2)CC1. The lowest BCUT2D eigenvalue weighted by molar-refractivity contribution is 0.150. The summed E-state index contributed by atoms with van der Waals surface area (Å²) in [6.45, 7) is 0.922. The standard InChI is InChI=1S/C26H24F2N8O3S2/c1-34(2)25(37)35-11-6-15(7-12-35)17-5-10-30-22-20(17)18-4-3-16(41(38,39)33-26(14-29)8-9-26)13-19(18)36(22)24-32-31-23(40-24)21(27)28/h3-6,10,13,21,33H,7-9,11-12H2,1-2H3. The molecular weight excluding hydrogens is 574 g/mol. The number of fused-ring (bicyclic) bond motifs is 3. The number of carbonyl (C=O) groups is 1. The van der Waals surface area contributed by atoms with E-state index >= 15 is 0 Å². The molecule has 6 rings (SSSR count). The summed E-state index contributed by atoms with van der Waals surface area (Å²) in [6.07, 6.45) is 2.18. The Bertz CT molecular complexity index is 1890. The number of nitrogens with one attached hydrogen (secondary N) is 1. The van der Waals surface area contributed by atoms with Gasteiger partial charge in [0.25, 0.3) is 6.43 Å². The molecule has 1 N–H and O–H groups in total. The van der Waals surface area contributed by atoms with Crippen molar-refractivity contribution in [3.63, 3.8) is 0 Å². The number of amides is 2. The normalized spacial score (nSPS) is 16.7. The molecule has 3 aromatic heterocycles. The number of nitriles is 1. The monoisotopic (exact) mass is 598 g/mol. The molecule has 2 amide bonds. The Labute approximate surface area is 237 Å². The Kier molecular flexibility index (Phi) is 6.51. The highest BCUT2D eigenvalue weighted by Crippen LogP contribution is 2.40. The number of halogens is 2. The number of carbonyl (C=O) groups excluding carboxylic acids is 1. The van der Waals surface area contributed by atoms with Gasteiger partial charge in [-0.2, -0.15) is 9.98 Å². The van der Waals surface area contributed by atoms with E-state index in [9.17, 15) is 27.3 Å². The Balaban J connectivity index is 1.53. The molecule has 4 heterocycles. The van der Waals surface area contributed by atoms with Gasteiger partial charge in [0, 0.05) is 44.2 Å². The zero-order valence-corrected chi connectivity index (χ0v) is 23.6. The van der Waals surface area contributed by atoms with Crippen molar-refractivity contribution in [3.05, 3.63) is 47.1 Å². The summed E-state index contributed by atoms with van der Waals surface area (Å²) < 4.78 is 57.4. The average molecular weight is 599 g/mol. The first kappa shape index (κ1) is 27.2. The van der Waals surface area contributed by atoms with Crippen LogP contribution in [0.3, 0.4) is 0 Å². The van der Waals surface area contributed by atoms with E-state index in [2.05, 4.69) is 19.9 Å². The Morgan fingerprint density at radius 1 is 1.24 bits per heavy atom. The molecule has 0 spiro atoms. The van der Waals surface area contributed by atoms with E-state index < -0.39 is 27.0 Å². The number of alkyl halides is 2. The minimum absolute atomic E-state index is 0.0783. The Hall–Kier alpha value is -4.00. The van der Waals surface area contributed by atoms with E-state index in [4.69, 9.17) is 0 Å². The van der Waals surface area contributed by atoms with Crippen LogP contribution in [-0.4, -0.2) is 76.7 Å². The molecule has 1 aromatic carbocycles. The molecule has 1 fully saturated rings. The molecule has 15 heteroatoms.